The zero-order valence-corrected chi connectivity index (χ0v) is 27.9. The van der Waals surface area contributed by atoms with Crippen LogP contribution in [0.1, 0.15) is 39.0 Å². The molecule has 5 aromatic rings. The minimum atomic E-state index is -4.61. The number of aromatic nitrogens is 4. The van der Waals surface area contributed by atoms with Crippen LogP contribution in [0.25, 0.3) is 28.3 Å². The molecule has 1 N–H and O–H groups in total. The Bertz CT molecular complexity index is 2090. The number of furan rings is 1. The summed E-state index contributed by atoms with van der Waals surface area (Å²) < 4.78 is 53.7. The molecule has 2 amide bonds. The summed E-state index contributed by atoms with van der Waals surface area (Å²) in [6, 6.07) is 11.7. The van der Waals surface area contributed by atoms with Crippen molar-refractivity contribution in [3.05, 3.63) is 75.2 Å². The molecule has 258 valence electrons. The van der Waals surface area contributed by atoms with Gasteiger partial charge in [-0.3, -0.25) is 9.59 Å². The maximum absolute atomic E-state index is 14.2. The van der Waals surface area contributed by atoms with E-state index in [1.54, 1.807) is 42.4 Å². The molecule has 0 atom stereocenters. The Balaban J connectivity index is 1.39. The highest BCUT2D eigenvalue weighted by atomic mass is 35.5. The quantitative estimate of drug-likeness (QED) is 0.221. The van der Waals surface area contributed by atoms with Crippen molar-refractivity contribution in [2.45, 2.75) is 52.4 Å². The average Bonchev–Trinajstić information content (AvgIpc) is 3.67. The molecule has 6 rings (SSSR count). The van der Waals surface area contributed by atoms with Crippen molar-refractivity contribution in [1.29, 1.82) is 0 Å². The molecule has 1 fully saturated rings. The van der Waals surface area contributed by atoms with Crippen molar-refractivity contribution in [1.82, 2.24) is 24.1 Å². The topological polar surface area (TPSA) is 127 Å². The summed E-state index contributed by atoms with van der Waals surface area (Å²) in [4.78, 5) is 48.4. The minimum Gasteiger partial charge on any atom is -0.453 e. The van der Waals surface area contributed by atoms with Crippen molar-refractivity contribution >= 4 is 51.7 Å². The molecular weight excluding hydrogens is 667 g/mol. The van der Waals surface area contributed by atoms with E-state index in [-0.39, 0.29) is 47.6 Å². The van der Waals surface area contributed by atoms with Gasteiger partial charge in [-0.1, -0.05) is 36.7 Å². The zero-order valence-electron chi connectivity index (χ0n) is 27.1. The first-order valence-electron chi connectivity index (χ1n) is 15.5. The predicted molar refractivity (Wildman–Crippen MR) is 177 cm³/mol. The summed E-state index contributed by atoms with van der Waals surface area (Å²) in [5.74, 6) is -0.150. The van der Waals surface area contributed by atoms with Gasteiger partial charge in [-0.2, -0.15) is 22.7 Å². The number of fused-ring (bicyclic) bond motifs is 2. The van der Waals surface area contributed by atoms with Gasteiger partial charge in [-0.15, -0.1) is 5.10 Å². The molecule has 1 saturated heterocycles. The van der Waals surface area contributed by atoms with Crippen molar-refractivity contribution in [3.63, 3.8) is 0 Å². The summed E-state index contributed by atoms with van der Waals surface area (Å²) in [5.41, 5.74) is -0.771. The first-order chi connectivity index (χ1) is 23.1. The van der Waals surface area contributed by atoms with E-state index in [0.29, 0.717) is 36.5 Å². The SMILES string of the molecule is CCc1c(N2CCN(C(=O)OC(C)(C)C)CC2)c(=O)n2nc(-c3cc4ccccc4o3)nc2n1CC(=O)Nc1ccc(C(F)(F)F)cc1Cl. The highest BCUT2D eigenvalue weighted by Gasteiger charge is 2.32. The number of benzene rings is 2. The Morgan fingerprint density at radius 3 is 2.39 bits per heavy atom. The second kappa shape index (κ2) is 12.8. The van der Waals surface area contributed by atoms with Crippen molar-refractivity contribution in [2.75, 3.05) is 36.4 Å². The fourth-order valence-corrected chi connectivity index (χ4v) is 5.92. The van der Waals surface area contributed by atoms with Crippen LogP contribution in [0.5, 0.6) is 0 Å². The van der Waals surface area contributed by atoms with E-state index in [2.05, 4.69) is 15.4 Å². The molecule has 16 heteroatoms. The summed E-state index contributed by atoms with van der Waals surface area (Å²) >= 11 is 6.11. The van der Waals surface area contributed by atoms with Gasteiger partial charge in [0.05, 0.1) is 22.0 Å². The van der Waals surface area contributed by atoms with Crippen LogP contribution >= 0.6 is 11.6 Å². The second-order valence-electron chi connectivity index (χ2n) is 12.5. The van der Waals surface area contributed by atoms with Crippen LogP contribution in [-0.2, 0) is 28.7 Å². The lowest BCUT2D eigenvalue weighted by Gasteiger charge is -2.37. The van der Waals surface area contributed by atoms with E-state index in [1.165, 1.54) is 0 Å². The number of hydrogen-bond acceptors (Lipinski definition) is 8. The van der Waals surface area contributed by atoms with Crippen LogP contribution in [0.3, 0.4) is 0 Å². The largest absolute Gasteiger partial charge is 0.453 e. The van der Waals surface area contributed by atoms with Gasteiger partial charge in [0.1, 0.15) is 23.4 Å². The smallest absolute Gasteiger partial charge is 0.416 e. The van der Waals surface area contributed by atoms with Crippen LogP contribution in [0.15, 0.2) is 57.7 Å². The normalized spacial score (nSPS) is 14.1. The first-order valence-corrected chi connectivity index (χ1v) is 15.9. The maximum Gasteiger partial charge on any atom is 0.416 e. The number of nitrogens with one attached hydrogen (secondary N) is 1. The Kier molecular flexibility index (Phi) is 8.81. The van der Waals surface area contributed by atoms with Crippen LogP contribution in [0.2, 0.25) is 5.02 Å². The fraction of sp³-hybridized carbons (Fsp3) is 0.364. The Morgan fingerprint density at radius 1 is 1.04 bits per heavy atom. The van der Waals surface area contributed by atoms with E-state index in [0.717, 1.165) is 28.1 Å². The Morgan fingerprint density at radius 2 is 1.76 bits per heavy atom. The molecule has 12 nitrogen and oxygen atoms in total. The highest BCUT2D eigenvalue weighted by molar-refractivity contribution is 6.33. The number of amides is 2. The molecule has 2 aromatic carbocycles. The fourth-order valence-electron chi connectivity index (χ4n) is 5.69. The van der Waals surface area contributed by atoms with Crippen LogP contribution < -0.4 is 15.8 Å². The number of ether oxygens (including phenoxy) is 1. The third-order valence-corrected chi connectivity index (χ3v) is 8.24. The molecule has 0 saturated carbocycles. The third-order valence-electron chi connectivity index (χ3n) is 7.93. The number of carbonyl (C=O) groups is 2. The number of anilines is 2. The molecule has 49 heavy (non-hydrogen) atoms. The van der Waals surface area contributed by atoms with E-state index in [1.807, 2.05) is 30.0 Å². The van der Waals surface area contributed by atoms with Crippen molar-refractivity contribution in [3.8, 4) is 11.6 Å². The number of rotatable bonds is 6. The number of halogens is 4. The number of nitrogens with zero attached hydrogens (tertiary/aromatic N) is 6. The zero-order chi connectivity index (χ0) is 35.2. The van der Waals surface area contributed by atoms with Gasteiger partial charge in [0, 0.05) is 31.6 Å². The molecule has 1 aliphatic rings. The van der Waals surface area contributed by atoms with Crippen LogP contribution in [0.4, 0.5) is 29.3 Å². The van der Waals surface area contributed by atoms with E-state index < -0.39 is 34.9 Å². The summed E-state index contributed by atoms with van der Waals surface area (Å²) in [6.07, 6.45) is -4.76. The van der Waals surface area contributed by atoms with Gasteiger partial charge in [0.25, 0.3) is 5.56 Å². The minimum absolute atomic E-state index is 0.0160. The number of para-hydroxylation sites is 1. The summed E-state index contributed by atoms with van der Waals surface area (Å²) in [5, 5.41) is 7.59. The Hall–Kier alpha value is -5.05. The lowest BCUT2D eigenvalue weighted by atomic mass is 10.2. The lowest BCUT2D eigenvalue weighted by molar-refractivity contribution is -0.137. The second-order valence-corrected chi connectivity index (χ2v) is 12.9. The van der Waals surface area contributed by atoms with Gasteiger partial charge in [-0.25, -0.2) is 4.79 Å². The molecule has 0 bridgehead atoms. The molecule has 1 aliphatic heterocycles. The van der Waals surface area contributed by atoms with Crippen molar-refractivity contribution < 1.29 is 31.9 Å². The molecule has 3 aromatic heterocycles. The van der Waals surface area contributed by atoms with Gasteiger partial charge >= 0.3 is 12.3 Å². The molecule has 0 unspecified atom stereocenters. The lowest BCUT2D eigenvalue weighted by Crippen LogP contribution is -2.51. The summed E-state index contributed by atoms with van der Waals surface area (Å²) in [6.45, 7) is 7.95. The van der Waals surface area contributed by atoms with E-state index >= 15 is 0 Å². The maximum atomic E-state index is 14.2. The van der Waals surface area contributed by atoms with E-state index in [9.17, 15) is 27.6 Å². The average molecular weight is 700 g/mol. The highest BCUT2D eigenvalue weighted by Crippen LogP contribution is 2.34. The number of carbonyl (C=O) groups excluding carboxylic acids is 2. The third kappa shape index (κ3) is 6.93. The summed E-state index contributed by atoms with van der Waals surface area (Å²) in [7, 11) is 0. The van der Waals surface area contributed by atoms with Crippen molar-refractivity contribution in [2.24, 2.45) is 0 Å². The van der Waals surface area contributed by atoms with Gasteiger partial charge in [-0.05, 0) is 57.5 Å². The molecule has 0 radical (unpaired) electrons. The standard InChI is InChI=1S/C33H33ClF3N7O5/c1-5-23-27(41-12-14-42(15-13-41)31(47)49-32(2,3)4)29(46)44-30(39-28(40-44)25-16-19-8-6-7-9-24(19)48-25)43(23)18-26(45)38-22-11-10-20(17-21(22)34)33(35,36)37/h6-11,16-17H,5,12-15,18H2,1-4H3,(H,38,45). The van der Waals surface area contributed by atoms with Gasteiger partial charge < -0.3 is 28.8 Å². The number of hydrogen-bond donors (Lipinski definition) is 1. The van der Waals surface area contributed by atoms with Gasteiger partial charge in [0.2, 0.25) is 17.5 Å². The molecule has 0 aliphatic carbocycles. The molecule has 0 spiro atoms. The first kappa shape index (κ1) is 33.8. The molecule has 4 heterocycles. The van der Waals surface area contributed by atoms with Crippen LogP contribution in [-0.4, -0.2) is 67.8 Å². The predicted octanol–water partition coefficient (Wildman–Crippen LogP) is 6.23. The van der Waals surface area contributed by atoms with Crippen LogP contribution in [0, 0.1) is 0 Å². The Labute approximate surface area is 283 Å². The monoisotopic (exact) mass is 699 g/mol. The van der Waals surface area contributed by atoms with Gasteiger partial charge in [0.15, 0.2) is 5.76 Å². The number of piperazine rings is 1. The number of alkyl halides is 3. The molecular formula is C33H33ClF3N7O5. The van der Waals surface area contributed by atoms with E-state index in [4.69, 9.17) is 20.8 Å².